The lowest BCUT2D eigenvalue weighted by Crippen LogP contribution is -2.38. The van der Waals surface area contributed by atoms with Crippen LogP contribution in [0.4, 0.5) is 5.69 Å². The number of para-hydroxylation sites is 1. The van der Waals surface area contributed by atoms with Crippen LogP contribution in [0.5, 0.6) is 0 Å². The molecule has 0 aromatic heterocycles. The van der Waals surface area contributed by atoms with Gasteiger partial charge in [-0.1, -0.05) is 48.5 Å². The summed E-state index contributed by atoms with van der Waals surface area (Å²) in [6, 6.07) is 17.7. The molecule has 0 aliphatic rings. The Hall–Kier alpha value is -2.62. The minimum atomic E-state index is -0.0252. The zero-order valence-electron chi connectivity index (χ0n) is 14.3. The third kappa shape index (κ3) is 5.23. The highest BCUT2D eigenvalue weighted by Crippen LogP contribution is 2.19. The lowest BCUT2D eigenvalue weighted by molar-refractivity contribution is -0.121. The van der Waals surface area contributed by atoms with Gasteiger partial charge in [-0.05, 0) is 30.5 Å². The van der Waals surface area contributed by atoms with E-state index in [1.807, 2.05) is 61.5 Å². The van der Waals surface area contributed by atoms with Gasteiger partial charge in [-0.2, -0.15) is 0 Å². The zero-order chi connectivity index (χ0) is 17.4. The second kappa shape index (κ2) is 8.87. The second-order valence-electron chi connectivity index (χ2n) is 5.79. The molecule has 0 radical (unpaired) electrons. The normalized spacial score (nSPS) is 10.2. The van der Waals surface area contributed by atoms with E-state index in [2.05, 4.69) is 5.32 Å². The van der Waals surface area contributed by atoms with E-state index in [9.17, 15) is 9.59 Å². The van der Waals surface area contributed by atoms with Crippen molar-refractivity contribution in [2.75, 3.05) is 18.0 Å². The fourth-order valence-corrected chi connectivity index (χ4v) is 2.61. The van der Waals surface area contributed by atoms with Crippen LogP contribution < -0.4 is 10.2 Å². The quantitative estimate of drug-likeness (QED) is 0.851. The van der Waals surface area contributed by atoms with Crippen molar-refractivity contribution in [2.45, 2.75) is 26.7 Å². The molecule has 0 fully saturated rings. The first-order valence-electron chi connectivity index (χ1n) is 8.22. The predicted octanol–water partition coefficient (Wildman–Crippen LogP) is 3.10. The Morgan fingerprint density at radius 1 is 1.00 bits per heavy atom. The van der Waals surface area contributed by atoms with Crippen molar-refractivity contribution in [3.8, 4) is 0 Å². The molecule has 2 aromatic carbocycles. The number of nitrogens with one attached hydrogen (secondary N) is 1. The maximum atomic E-state index is 12.0. The molecule has 2 aromatic rings. The van der Waals surface area contributed by atoms with Crippen LogP contribution in [-0.4, -0.2) is 24.9 Å². The van der Waals surface area contributed by atoms with Gasteiger partial charge in [0, 0.05) is 32.1 Å². The molecule has 0 aliphatic heterocycles. The first-order valence-corrected chi connectivity index (χ1v) is 8.22. The van der Waals surface area contributed by atoms with Gasteiger partial charge >= 0.3 is 0 Å². The van der Waals surface area contributed by atoms with E-state index in [1.165, 1.54) is 0 Å². The smallest absolute Gasteiger partial charge is 0.223 e. The lowest BCUT2D eigenvalue weighted by atomic mass is 10.1. The SMILES string of the molecule is CC(=O)N(CCNC(=O)CCc1ccccc1)c1ccccc1C. The molecule has 0 bridgehead atoms. The molecule has 24 heavy (non-hydrogen) atoms. The van der Waals surface area contributed by atoms with Gasteiger partial charge in [0.1, 0.15) is 0 Å². The monoisotopic (exact) mass is 324 g/mol. The van der Waals surface area contributed by atoms with E-state index < -0.39 is 0 Å². The van der Waals surface area contributed by atoms with Crippen molar-refractivity contribution in [2.24, 2.45) is 0 Å². The van der Waals surface area contributed by atoms with Crippen LogP contribution in [0.2, 0.25) is 0 Å². The number of rotatable bonds is 7. The molecule has 0 aliphatic carbocycles. The average Bonchev–Trinajstić information content (AvgIpc) is 2.58. The van der Waals surface area contributed by atoms with Crippen molar-refractivity contribution >= 4 is 17.5 Å². The zero-order valence-corrected chi connectivity index (χ0v) is 14.3. The van der Waals surface area contributed by atoms with Crippen molar-refractivity contribution in [1.29, 1.82) is 0 Å². The molecule has 0 saturated carbocycles. The summed E-state index contributed by atoms with van der Waals surface area (Å²) in [5, 5.41) is 2.89. The van der Waals surface area contributed by atoms with Gasteiger partial charge in [-0.3, -0.25) is 9.59 Å². The van der Waals surface area contributed by atoms with E-state index in [-0.39, 0.29) is 11.8 Å². The average molecular weight is 324 g/mol. The summed E-state index contributed by atoms with van der Waals surface area (Å²) in [5.74, 6) is -0.0185. The largest absolute Gasteiger partial charge is 0.354 e. The molecule has 4 heteroatoms. The van der Waals surface area contributed by atoms with Crippen molar-refractivity contribution in [3.05, 3.63) is 65.7 Å². The predicted molar refractivity (Wildman–Crippen MR) is 97.0 cm³/mol. The molecule has 0 atom stereocenters. The number of carbonyl (C=O) groups excluding carboxylic acids is 2. The van der Waals surface area contributed by atoms with E-state index >= 15 is 0 Å². The summed E-state index contributed by atoms with van der Waals surface area (Å²) in [7, 11) is 0. The highest BCUT2D eigenvalue weighted by Gasteiger charge is 2.13. The van der Waals surface area contributed by atoms with E-state index in [4.69, 9.17) is 0 Å². The third-order valence-electron chi connectivity index (χ3n) is 3.93. The number of amides is 2. The van der Waals surface area contributed by atoms with Crippen LogP contribution in [0.1, 0.15) is 24.5 Å². The number of carbonyl (C=O) groups is 2. The Morgan fingerprint density at radius 2 is 1.67 bits per heavy atom. The minimum absolute atomic E-state index is 0.00661. The van der Waals surface area contributed by atoms with Gasteiger partial charge in [0.2, 0.25) is 11.8 Å². The molecule has 0 heterocycles. The lowest BCUT2D eigenvalue weighted by Gasteiger charge is -2.23. The second-order valence-corrected chi connectivity index (χ2v) is 5.79. The van der Waals surface area contributed by atoms with Gasteiger partial charge < -0.3 is 10.2 Å². The molecule has 2 amide bonds. The summed E-state index contributed by atoms with van der Waals surface area (Å²) >= 11 is 0. The molecular formula is C20H24N2O2. The molecule has 2 rings (SSSR count). The first-order chi connectivity index (χ1) is 11.6. The fraction of sp³-hybridized carbons (Fsp3) is 0.300. The topological polar surface area (TPSA) is 49.4 Å². The molecule has 0 saturated heterocycles. The van der Waals surface area contributed by atoms with E-state index in [1.54, 1.807) is 11.8 Å². The number of anilines is 1. The highest BCUT2D eigenvalue weighted by molar-refractivity contribution is 5.92. The Labute approximate surface area is 143 Å². The Bertz CT molecular complexity index is 683. The van der Waals surface area contributed by atoms with Gasteiger partial charge in [0.25, 0.3) is 0 Å². The summed E-state index contributed by atoms with van der Waals surface area (Å²) in [6.45, 7) is 4.44. The molecule has 0 spiro atoms. The summed E-state index contributed by atoms with van der Waals surface area (Å²) in [6.07, 6.45) is 1.18. The van der Waals surface area contributed by atoms with Crippen LogP contribution in [0.15, 0.2) is 54.6 Å². The molecule has 1 N–H and O–H groups in total. The van der Waals surface area contributed by atoms with Crippen molar-refractivity contribution < 1.29 is 9.59 Å². The minimum Gasteiger partial charge on any atom is -0.354 e. The maximum absolute atomic E-state index is 12.0. The Kier molecular flexibility index (Phi) is 6.55. The number of benzene rings is 2. The van der Waals surface area contributed by atoms with Crippen molar-refractivity contribution in [1.82, 2.24) is 5.32 Å². The highest BCUT2D eigenvalue weighted by atomic mass is 16.2. The third-order valence-corrected chi connectivity index (χ3v) is 3.93. The summed E-state index contributed by atoms with van der Waals surface area (Å²) in [5.41, 5.74) is 3.09. The molecule has 0 unspecified atom stereocenters. The summed E-state index contributed by atoms with van der Waals surface area (Å²) in [4.78, 5) is 25.6. The van der Waals surface area contributed by atoms with Crippen molar-refractivity contribution in [3.63, 3.8) is 0 Å². The number of hydrogen-bond acceptors (Lipinski definition) is 2. The van der Waals surface area contributed by atoms with E-state index in [0.717, 1.165) is 23.2 Å². The number of nitrogens with zero attached hydrogens (tertiary/aromatic N) is 1. The Morgan fingerprint density at radius 3 is 2.33 bits per heavy atom. The van der Waals surface area contributed by atoms with Gasteiger partial charge in [0.15, 0.2) is 0 Å². The van der Waals surface area contributed by atoms with E-state index in [0.29, 0.717) is 19.5 Å². The Balaban J connectivity index is 1.81. The van der Waals surface area contributed by atoms with Crippen LogP contribution >= 0.6 is 0 Å². The van der Waals surface area contributed by atoms with Crippen LogP contribution in [0.25, 0.3) is 0 Å². The number of hydrogen-bond donors (Lipinski definition) is 1. The summed E-state index contributed by atoms with van der Waals surface area (Å²) < 4.78 is 0. The molecular weight excluding hydrogens is 300 g/mol. The number of aryl methyl sites for hydroxylation is 2. The maximum Gasteiger partial charge on any atom is 0.223 e. The van der Waals surface area contributed by atoms with Gasteiger partial charge in [-0.25, -0.2) is 0 Å². The van der Waals surface area contributed by atoms with Gasteiger partial charge in [0.05, 0.1) is 0 Å². The molecule has 4 nitrogen and oxygen atoms in total. The fourth-order valence-electron chi connectivity index (χ4n) is 2.61. The first kappa shape index (κ1) is 17.7. The van der Waals surface area contributed by atoms with Crippen LogP contribution in [-0.2, 0) is 16.0 Å². The standard InChI is InChI=1S/C20H24N2O2/c1-16-8-6-7-11-19(16)22(17(2)23)15-14-21-20(24)13-12-18-9-4-3-5-10-18/h3-11H,12-15H2,1-2H3,(H,21,24). The van der Waals surface area contributed by atoms with Crippen LogP contribution in [0.3, 0.4) is 0 Å². The van der Waals surface area contributed by atoms with Crippen LogP contribution in [0, 0.1) is 6.92 Å². The van der Waals surface area contributed by atoms with Gasteiger partial charge in [-0.15, -0.1) is 0 Å². The molecule has 126 valence electrons.